The summed E-state index contributed by atoms with van der Waals surface area (Å²) in [6, 6.07) is 16.1. The van der Waals surface area contributed by atoms with Gasteiger partial charge in [-0.2, -0.15) is 5.26 Å². The van der Waals surface area contributed by atoms with E-state index in [1.165, 1.54) is 0 Å². The molecule has 2 aliphatic heterocycles. The number of hydrogen-bond acceptors (Lipinski definition) is 4. The Balaban J connectivity index is 2.03. The van der Waals surface area contributed by atoms with Crippen LogP contribution in [0.25, 0.3) is 5.70 Å². The van der Waals surface area contributed by atoms with Gasteiger partial charge in [0.25, 0.3) is 0 Å². The summed E-state index contributed by atoms with van der Waals surface area (Å²) in [7, 11) is -3.69. The summed E-state index contributed by atoms with van der Waals surface area (Å²) >= 11 is 5.97. The number of rotatable bonds is 1. The molecule has 124 valence electrons. The van der Waals surface area contributed by atoms with Gasteiger partial charge in [0.15, 0.2) is 0 Å². The van der Waals surface area contributed by atoms with Crippen LogP contribution >= 0.6 is 11.6 Å². The van der Waals surface area contributed by atoms with Crippen LogP contribution in [-0.4, -0.2) is 14.1 Å². The summed E-state index contributed by atoms with van der Waals surface area (Å²) in [5.41, 5.74) is 2.42. The first kappa shape index (κ1) is 16.1. The molecule has 0 aromatic heterocycles. The molecule has 2 aromatic carbocycles. The molecule has 0 saturated heterocycles. The highest BCUT2D eigenvalue weighted by atomic mass is 35.5. The lowest BCUT2D eigenvalue weighted by Crippen LogP contribution is -2.26. The van der Waals surface area contributed by atoms with E-state index in [9.17, 15) is 13.7 Å². The second-order valence-electron chi connectivity index (χ2n) is 6.10. The van der Waals surface area contributed by atoms with Gasteiger partial charge in [-0.25, -0.2) is 8.42 Å². The third-order valence-electron chi connectivity index (χ3n) is 4.68. The van der Waals surface area contributed by atoms with Gasteiger partial charge in [0.2, 0.25) is 9.84 Å². The lowest BCUT2D eigenvalue weighted by atomic mass is 9.81. The van der Waals surface area contributed by atoms with Crippen LogP contribution in [0.2, 0.25) is 5.02 Å². The summed E-state index contributed by atoms with van der Waals surface area (Å²) < 4.78 is 26.3. The molecule has 2 unspecified atom stereocenters. The van der Waals surface area contributed by atoms with E-state index >= 15 is 0 Å². The molecule has 6 heteroatoms. The van der Waals surface area contributed by atoms with Gasteiger partial charge < -0.3 is 0 Å². The van der Waals surface area contributed by atoms with Crippen molar-refractivity contribution in [1.82, 2.24) is 0 Å². The Morgan fingerprint density at radius 2 is 1.80 bits per heavy atom. The molecule has 0 N–H and O–H groups in total. The van der Waals surface area contributed by atoms with E-state index in [-0.39, 0.29) is 9.80 Å². The predicted octanol–water partition coefficient (Wildman–Crippen LogP) is 4.19. The Morgan fingerprint density at radius 1 is 1.12 bits per heavy atom. The number of nitrogens with zero attached hydrogens (tertiary/aromatic N) is 2. The summed E-state index contributed by atoms with van der Waals surface area (Å²) in [6.45, 7) is 1.77. The molecule has 0 amide bonds. The van der Waals surface area contributed by atoms with Crippen LogP contribution in [0.4, 0.5) is 0 Å². The Hall–Kier alpha value is -2.42. The second kappa shape index (κ2) is 5.55. The summed E-state index contributed by atoms with van der Waals surface area (Å²) in [6.07, 6.45) is 0. The standard InChI is InChI=1S/C19H13ClN2O2S/c1-11-15(10-21)17(12-6-8-13(20)9-7-12)19-18(22-11)14-4-2-3-5-16(14)25(19,23)24/h2-9,15,17H,1H3. The number of sulfone groups is 1. The lowest BCUT2D eigenvalue weighted by molar-refractivity contribution is 0.595. The van der Waals surface area contributed by atoms with Crippen molar-refractivity contribution in [1.29, 1.82) is 5.26 Å². The van der Waals surface area contributed by atoms with Gasteiger partial charge in [-0.3, -0.25) is 4.99 Å². The van der Waals surface area contributed by atoms with Crippen molar-refractivity contribution in [3.8, 4) is 6.07 Å². The highest BCUT2D eigenvalue weighted by Crippen LogP contribution is 2.51. The third-order valence-corrected chi connectivity index (χ3v) is 6.89. The number of benzene rings is 2. The molecule has 2 atom stereocenters. The van der Waals surface area contributed by atoms with Crippen LogP contribution in [0.5, 0.6) is 0 Å². The van der Waals surface area contributed by atoms with Crippen molar-refractivity contribution in [3.63, 3.8) is 0 Å². The molecule has 2 aliphatic rings. The minimum absolute atomic E-state index is 0.216. The number of hydrogen-bond donors (Lipinski definition) is 0. The number of fused-ring (bicyclic) bond motifs is 2. The highest BCUT2D eigenvalue weighted by Gasteiger charge is 2.46. The monoisotopic (exact) mass is 368 g/mol. The highest BCUT2D eigenvalue weighted by molar-refractivity contribution is 7.96. The Kier molecular flexibility index (Phi) is 3.57. The zero-order valence-electron chi connectivity index (χ0n) is 13.3. The number of aliphatic imine (C=N–C) groups is 1. The van der Waals surface area contributed by atoms with Crippen LogP contribution in [0.15, 0.2) is 63.3 Å². The molecule has 0 radical (unpaired) electrons. The molecule has 2 heterocycles. The van der Waals surface area contributed by atoms with Crippen LogP contribution in [-0.2, 0) is 9.84 Å². The van der Waals surface area contributed by atoms with E-state index in [4.69, 9.17) is 11.6 Å². The lowest BCUT2D eigenvalue weighted by Gasteiger charge is -2.27. The van der Waals surface area contributed by atoms with Crippen molar-refractivity contribution < 1.29 is 8.42 Å². The third kappa shape index (κ3) is 2.25. The van der Waals surface area contributed by atoms with Crippen molar-refractivity contribution >= 4 is 32.8 Å². The van der Waals surface area contributed by atoms with E-state index in [0.717, 1.165) is 5.56 Å². The van der Waals surface area contributed by atoms with Crippen molar-refractivity contribution in [3.05, 3.63) is 69.6 Å². The topological polar surface area (TPSA) is 70.3 Å². The summed E-state index contributed by atoms with van der Waals surface area (Å²) in [5.74, 6) is -1.23. The van der Waals surface area contributed by atoms with E-state index in [0.29, 0.717) is 22.0 Å². The summed E-state index contributed by atoms with van der Waals surface area (Å²) in [5, 5.41) is 10.2. The van der Waals surface area contributed by atoms with Gasteiger partial charge in [-0.05, 0) is 30.7 Å². The smallest absolute Gasteiger partial charge is 0.206 e. The second-order valence-corrected chi connectivity index (χ2v) is 8.42. The Morgan fingerprint density at radius 3 is 2.48 bits per heavy atom. The number of allylic oxidation sites excluding steroid dienone is 1. The van der Waals surface area contributed by atoms with Gasteiger partial charge in [0.05, 0.1) is 27.5 Å². The van der Waals surface area contributed by atoms with Gasteiger partial charge in [0, 0.05) is 22.2 Å². The van der Waals surface area contributed by atoms with Gasteiger partial charge in [-0.1, -0.05) is 41.9 Å². The van der Waals surface area contributed by atoms with Gasteiger partial charge in [0.1, 0.15) is 0 Å². The first-order chi connectivity index (χ1) is 11.9. The molecular weight excluding hydrogens is 356 g/mol. The average Bonchev–Trinajstić information content (AvgIpc) is 2.82. The van der Waals surface area contributed by atoms with Crippen LogP contribution < -0.4 is 0 Å². The van der Waals surface area contributed by atoms with Crippen LogP contribution in [0, 0.1) is 17.2 Å². The molecule has 2 aromatic rings. The van der Waals surface area contributed by atoms with E-state index in [2.05, 4.69) is 11.1 Å². The molecule has 0 bridgehead atoms. The van der Waals surface area contributed by atoms with Crippen molar-refractivity contribution in [2.24, 2.45) is 10.9 Å². The van der Waals surface area contributed by atoms with E-state index in [1.807, 2.05) is 0 Å². The zero-order chi connectivity index (χ0) is 17.8. The van der Waals surface area contributed by atoms with Crippen molar-refractivity contribution in [2.45, 2.75) is 17.7 Å². The minimum atomic E-state index is -3.69. The molecule has 4 rings (SSSR count). The molecule has 0 fully saturated rings. The number of halogens is 1. The fraction of sp³-hybridized carbons (Fsp3) is 0.158. The zero-order valence-corrected chi connectivity index (χ0v) is 14.8. The predicted molar refractivity (Wildman–Crippen MR) is 97.0 cm³/mol. The fourth-order valence-electron chi connectivity index (χ4n) is 3.53. The van der Waals surface area contributed by atoms with Gasteiger partial charge >= 0.3 is 0 Å². The SMILES string of the molecule is CC1=NC2=C(C(c3ccc(Cl)cc3)C1C#N)S(=O)(=O)c1ccccc12. The van der Waals surface area contributed by atoms with Crippen LogP contribution in [0.1, 0.15) is 24.0 Å². The van der Waals surface area contributed by atoms with Crippen molar-refractivity contribution in [2.75, 3.05) is 0 Å². The summed E-state index contributed by atoms with van der Waals surface area (Å²) in [4.78, 5) is 4.97. The van der Waals surface area contributed by atoms with E-state index in [1.54, 1.807) is 55.5 Å². The Bertz CT molecular complexity index is 1090. The molecule has 0 saturated carbocycles. The normalized spacial score (nSPS) is 23.5. The maximum atomic E-state index is 13.2. The van der Waals surface area contributed by atoms with Crippen LogP contribution in [0.3, 0.4) is 0 Å². The maximum Gasteiger partial charge on any atom is 0.206 e. The molecule has 25 heavy (non-hydrogen) atoms. The molecule has 0 aliphatic carbocycles. The number of nitriles is 1. The minimum Gasteiger partial charge on any atom is -0.255 e. The first-order valence-electron chi connectivity index (χ1n) is 7.74. The molecular formula is C19H13ClN2O2S. The van der Waals surface area contributed by atoms with Gasteiger partial charge in [-0.15, -0.1) is 0 Å². The first-order valence-corrected chi connectivity index (χ1v) is 9.60. The molecule has 4 nitrogen and oxygen atoms in total. The maximum absolute atomic E-state index is 13.2. The Labute approximate surface area is 151 Å². The fourth-order valence-corrected chi connectivity index (χ4v) is 5.62. The van der Waals surface area contributed by atoms with E-state index < -0.39 is 21.7 Å². The molecule has 0 spiro atoms. The quantitative estimate of drug-likeness (QED) is 0.757. The average molecular weight is 369 g/mol. The largest absolute Gasteiger partial charge is 0.255 e.